The average Bonchev–Trinajstić information content (AvgIpc) is 2.17. The molecule has 1 rings (SSSR count). The first kappa shape index (κ1) is 13.3. The van der Waals surface area contributed by atoms with E-state index in [2.05, 4.69) is 5.32 Å². The summed E-state index contributed by atoms with van der Waals surface area (Å²) in [6.07, 6.45) is -5.04. The standard InChI is InChI=1S/C10H16F3NO2/c1-2-16-8(15)9(7-10(11,12)13)3-5-14-6-4-9/h14H,2-7H2,1H3. The summed E-state index contributed by atoms with van der Waals surface area (Å²) < 4.78 is 42.1. The Bertz CT molecular complexity index is 247. The van der Waals surface area contributed by atoms with Gasteiger partial charge >= 0.3 is 12.1 Å². The molecular weight excluding hydrogens is 223 g/mol. The van der Waals surface area contributed by atoms with Gasteiger partial charge in [0.1, 0.15) is 0 Å². The van der Waals surface area contributed by atoms with E-state index in [-0.39, 0.29) is 19.4 Å². The van der Waals surface area contributed by atoms with E-state index in [4.69, 9.17) is 4.74 Å². The molecule has 0 atom stereocenters. The molecule has 1 aliphatic rings. The lowest BCUT2D eigenvalue weighted by Crippen LogP contribution is -2.45. The second-order valence-electron chi connectivity index (χ2n) is 4.04. The van der Waals surface area contributed by atoms with Crippen LogP contribution in [0, 0.1) is 5.41 Å². The third-order valence-corrected chi connectivity index (χ3v) is 2.81. The largest absolute Gasteiger partial charge is 0.466 e. The highest BCUT2D eigenvalue weighted by Gasteiger charge is 2.49. The molecule has 0 unspecified atom stereocenters. The van der Waals surface area contributed by atoms with Crippen molar-refractivity contribution in [3.63, 3.8) is 0 Å². The van der Waals surface area contributed by atoms with E-state index in [1.807, 2.05) is 0 Å². The van der Waals surface area contributed by atoms with Crippen molar-refractivity contribution in [3.05, 3.63) is 0 Å². The Morgan fingerprint density at radius 1 is 1.38 bits per heavy atom. The van der Waals surface area contributed by atoms with Gasteiger partial charge in [-0.2, -0.15) is 13.2 Å². The van der Waals surface area contributed by atoms with Gasteiger partial charge in [-0.15, -0.1) is 0 Å². The molecule has 0 aliphatic carbocycles. The minimum atomic E-state index is -4.33. The summed E-state index contributed by atoms with van der Waals surface area (Å²) >= 11 is 0. The van der Waals surface area contributed by atoms with Crippen molar-refractivity contribution in [3.8, 4) is 0 Å². The molecule has 6 heteroatoms. The number of halogens is 3. The lowest BCUT2D eigenvalue weighted by molar-refractivity contribution is -0.185. The van der Waals surface area contributed by atoms with Gasteiger partial charge < -0.3 is 10.1 Å². The number of hydrogen-bond donors (Lipinski definition) is 1. The van der Waals surface area contributed by atoms with Gasteiger partial charge in [-0.25, -0.2) is 0 Å². The maximum absolute atomic E-state index is 12.5. The summed E-state index contributed by atoms with van der Waals surface area (Å²) in [5, 5.41) is 2.95. The predicted molar refractivity (Wildman–Crippen MR) is 51.8 cm³/mol. The molecule has 3 nitrogen and oxygen atoms in total. The molecule has 0 aromatic heterocycles. The summed E-state index contributed by atoms with van der Waals surface area (Å²) in [7, 11) is 0. The summed E-state index contributed by atoms with van der Waals surface area (Å²) in [5.74, 6) is -0.714. The topological polar surface area (TPSA) is 38.3 Å². The normalized spacial score (nSPS) is 20.5. The van der Waals surface area contributed by atoms with Crippen LogP contribution in [-0.4, -0.2) is 31.8 Å². The Balaban J connectivity index is 2.79. The van der Waals surface area contributed by atoms with Crippen molar-refractivity contribution in [2.45, 2.75) is 32.4 Å². The molecule has 0 aromatic rings. The quantitative estimate of drug-likeness (QED) is 0.764. The summed E-state index contributed by atoms with van der Waals surface area (Å²) in [6, 6.07) is 0. The highest BCUT2D eigenvalue weighted by Crippen LogP contribution is 2.41. The van der Waals surface area contributed by atoms with E-state index in [0.717, 1.165) is 0 Å². The number of piperidine rings is 1. The fourth-order valence-corrected chi connectivity index (χ4v) is 2.03. The number of rotatable bonds is 3. The predicted octanol–water partition coefficient (Wildman–Crippen LogP) is 1.87. The highest BCUT2D eigenvalue weighted by molar-refractivity contribution is 5.77. The molecule has 1 fully saturated rings. The maximum atomic E-state index is 12.5. The molecule has 1 N–H and O–H groups in total. The SMILES string of the molecule is CCOC(=O)C1(CC(F)(F)F)CCNCC1. The van der Waals surface area contributed by atoms with Crippen LogP contribution in [-0.2, 0) is 9.53 Å². The summed E-state index contributed by atoms with van der Waals surface area (Å²) in [5.41, 5.74) is -1.38. The van der Waals surface area contributed by atoms with Gasteiger partial charge in [-0.1, -0.05) is 0 Å². The van der Waals surface area contributed by atoms with Crippen LogP contribution in [0.5, 0.6) is 0 Å². The zero-order valence-corrected chi connectivity index (χ0v) is 9.19. The molecule has 1 saturated heterocycles. The Morgan fingerprint density at radius 3 is 2.38 bits per heavy atom. The van der Waals surface area contributed by atoms with Crippen molar-refractivity contribution in [1.82, 2.24) is 5.32 Å². The third-order valence-electron chi connectivity index (χ3n) is 2.81. The Kier molecular flexibility index (Phi) is 4.18. The van der Waals surface area contributed by atoms with Crippen molar-refractivity contribution in [2.24, 2.45) is 5.41 Å². The van der Waals surface area contributed by atoms with Gasteiger partial charge in [0.2, 0.25) is 0 Å². The zero-order valence-electron chi connectivity index (χ0n) is 9.19. The average molecular weight is 239 g/mol. The summed E-state index contributed by atoms with van der Waals surface area (Å²) in [4.78, 5) is 11.6. The Labute approximate surface area is 92.3 Å². The number of ether oxygens (including phenoxy) is 1. The highest BCUT2D eigenvalue weighted by atomic mass is 19.4. The van der Waals surface area contributed by atoms with E-state index >= 15 is 0 Å². The minimum Gasteiger partial charge on any atom is -0.466 e. The van der Waals surface area contributed by atoms with Crippen LogP contribution in [0.1, 0.15) is 26.2 Å². The first-order chi connectivity index (χ1) is 7.40. The second-order valence-corrected chi connectivity index (χ2v) is 4.04. The molecule has 0 aromatic carbocycles. The van der Waals surface area contributed by atoms with Gasteiger partial charge in [-0.3, -0.25) is 4.79 Å². The molecule has 1 heterocycles. The number of hydrogen-bond acceptors (Lipinski definition) is 3. The van der Waals surface area contributed by atoms with Crippen molar-refractivity contribution in [2.75, 3.05) is 19.7 Å². The third kappa shape index (κ3) is 3.37. The molecular formula is C10H16F3NO2. The van der Waals surface area contributed by atoms with Crippen LogP contribution in [0.4, 0.5) is 13.2 Å². The Morgan fingerprint density at radius 2 is 1.94 bits per heavy atom. The van der Waals surface area contributed by atoms with E-state index in [1.54, 1.807) is 6.92 Å². The van der Waals surface area contributed by atoms with Crippen LogP contribution in [0.15, 0.2) is 0 Å². The van der Waals surface area contributed by atoms with E-state index in [1.165, 1.54) is 0 Å². The van der Waals surface area contributed by atoms with Gasteiger partial charge in [0, 0.05) is 0 Å². The second kappa shape index (κ2) is 5.03. The van der Waals surface area contributed by atoms with Crippen molar-refractivity contribution < 1.29 is 22.7 Å². The van der Waals surface area contributed by atoms with Gasteiger partial charge in [0.05, 0.1) is 18.4 Å². The first-order valence-electron chi connectivity index (χ1n) is 5.34. The molecule has 0 spiro atoms. The first-order valence-corrected chi connectivity index (χ1v) is 5.34. The summed E-state index contributed by atoms with van der Waals surface area (Å²) in [6.45, 7) is 2.57. The lowest BCUT2D eigenvalue weighted by Gasteiger charge is -2.35. The molecule has 94 valence electrons. The maximum Gasteiger partial charge on any atom is 0.390 e. The fourth-order valence-electron chi connectivity index (χ4n) is 2.03. The fraction of sp³-hybridized carbons (Fsp3) is 0.900. The van der Waals surface area contributed by atoms with Gasteiger partial charge in [-0.05, 0) is 32.9 Å². The van der Waals surface area contributed by atoms with Gasteiger partial charge in [0.25, 0.3) is 0 Å². The Hall–Kier alpha value is -0.780. The van der Waals surface area contributed by atoms with E-state index < -0.39 is 24.0 Å². The number of carbonyl (C=O) groups is 1. The number of carbonyl (C=O) groups excluding carboxylic acids is 1. The van der Waals surface area contributed by atoms with Crippen molar-refractivity contribution in [1.29, 1.82) is 0 Å². The zero-order chi connectivity index (χ0) is 12.2. The van der Waals surface area contributed by atoms with Crippen LogP contribution in [0.25, 0.3) is 0 Å². The van der Waals surface area contributed by atoms with Crippen LogP contribution < -0.4 is 5.32 Å². The smallest absolute Gasteiger partial charge is 0.390 e. The van der Waals surface area contributed by atoms with Gasteiger partial charge in [0.15, 0.2) is 0 Å². The molecule has 0 saturated carbocycles. The molecule has 0 amide bonds. The number of alkyl halides is 3. The molecule has 0 radical (unpaired) electrons. The molecule has 16 heavy (non-hydrogen) atoms. The molecule has 0 bridgehead atoms. The monoisotopic (exact) mass is 239 g/mol. The number of nitrogens with one attached hydrogen (secondary N) is 1. The minimum absolute atomic E-state index is 0.117. The van der Waals surface area contributed by atoms with Crippen molar-refractivity contribution >= 4 is 5.97 Å². The number of esters is 1. The lowest BCUT2D eigenvalue weighted by atomic mass is 9.76. The van der Waals surface area contributed by atoms with Crippen LogP contribution in [0.2, 0.25) is 0 Å². The van der Waals surface area contributed by atoms with Crippen LogP contribution >= 0.6 is 0 Å². The van der Waals surface area contributed by atoms with E-state index in [0.29, 0.717) is 13.1 Å². The van der Waals surface area contributed by atoms with E-state index in [9.17, 15) is 18.0 Å². The molecule has 1 aliphatic heterocycles. The van der Waals surface area contributed by atoms with Crippen LogP contribution in [0.3, 0.4) is 0 Å².